The molecule has 0 amide bonds. The molecular weight excluding hydrogens is 296 g/mol. The maximum atomic E-state index is 12.0. The van der Waals surface area contributed by atoms with Crippen molar-refractivity contribution < 1.29 is 9.84 Å². The molecule has 6 nitrogen and oxygen atoms in total. The summed E-state index contributed by atoms with van der Waals surface area (Å²) < 4.78 is 6.40. The fourth-order valence-corrected chi connectivity index (χ4v) is 2.70. The summed E-state index contributed by atoms with van der Waals surface area (Å²) >= 11 is 5.92. The van der Waals surface area contributed by atoms with Crippen LogP contribution < -0.4 is 11.2 Å². The first-order valence-corrected chi connectivity index (χ1v) is 6.87. The first-order valence-electron chi connectivity index (χ1n) is 6.49. The van der Waals surface area contributed by atoms with E-state index in [1.165, 1.54) is 4.57 Å². The third-order valence-electron chi connectivity index (χ3n) is 3.50. The monoisotopic (exact) mass is 308 g/mol. The topological polar surface area (TPSA) is 84.3 Å². The molecule has 1 aliphatic heterocycles. The van der Waals surface area contributed by atoms with E-state index in [9.17, 15) is 14.7 Å². The molecule has 1 atom stereocenters. The summed E-state index contributed by atoms with van der Waals surface area (Å²) in [6, 6.07) is 6.26. The molecule has 21 heavy (non-hydrogen) atoms. The van der Waals surface area contributed by atoms with Gasteiger partial charge in [-0.2, -0.15) is 0 Å². The van der Waals surface area contributed by atoms with Crippen LogP contribution in [0.25, 0.3) is 11.1 Å². The van der Waals surface area contributed by atoms with Crippen LogP contribution in [0.5, 0.6) is 5.88 Å². The zero-order valence-electron chi connectivity index (χ0n) is 11.0. The molecule has 2 aromatic rings. The fraction of sp³-hybridized carbons (Fsp3) is 0.286. The molecule has 0 aliphatic carbocycles. The summed E-state index contributed by atoms with van der Waals surface area (Å²) in [5, 5.41) is 10.8. The number of aromatic hydroxyl groups is 1. The van der Waals surface area contributed by atoms with Crippen molar-refractivity contribution in [3.05, 3.63) is 50.1 Å². The van der Waals surface area contributed by atoms with Gasteiger partial charge >= 0.3 is 5.69 Å². The molecule has 1 aromatic heterocycles. The summed E-state index contributed by atoms with van der Waals surface area (Å²) in [6.45, 7) is 0.844. The van der Waals surface area contributed by atoms with E-state index in [2.05, 4.69) is 4.98 Å². The quantitative estimate of drug-likeness (QED) is 0.881. The van der Waals surface area contributed by atoms with Gasteiger partial charge in [0.1, 0.15) is 5.56 Å². The zero-order valence-corrected chi connectivity index (χ0v) is 11.8. The Bertz CT molecular complexity index is 790. The van der Waals surface area contributed by atoms with Crippen LogP contribution in [0.15, 0.2) is 33.9 Å². The number of halogens is 1. The Morgan fingerprint density at radius 2 is 2.19 bits per heavy atom. The second-order valence-corrected chi connectivity index (χ2v) is 5.29. The summed E-state index contributed by atoms with van der Waals surface area (Å²) in [7, 11) is 0. The van der Waals surface area contributed by atoms with Crippen LogP contribution >= 0.6 is 11.6 Å². The van der Waals surface area contributed by atoms with Crippen molar-refractivity contribution in [2.75, 3.05) is 13.2 Å². The number of hydrogen-bond donors (Lipinski definition) is 2. The predicted octanol–water partition coefficient (Wildman–Crippen LogP) is 1.52. The average Bonchev–Trinajstić information content (AvgIpc) is 2.92. The van der Waals surface area contributed by atoms with Crippen LogP contribution in [0.1, 0.15) is 12.5 Å². The van der Waals surface area contributed by atoms with Gasteiger partial charge in [0.15, 0.2) is 0 Å². The Balaban J connectivity index is 2.23. The fourth-order valence-electron chi connectivity index (χ4n) is 2.51. The highest BCUT2D eigenvalue weighted by atomic mass is 35.5. The number of benzene rings is 1. The van der Waals surface area contributed by atoms with Gasteiger partial charge in [-0.3, -0.25) is 14.3 Å². The minimum Gasteiger partial charge on any atom is -0.494 e. The first kappa shape index (κ1) is 13.9. The third-order valence-corrected chi connectivity index (χ3v) is 3.74. The van der Waals surface area contributed by atoms with Gasteiger partial charge in [0, 0.05) is 11.6 Å². The molecule has 0 bridgehead atoms. The van der Waals surface area contributed by atoms with Crippen molar-refractivity contribution in [1.29, 1.82) is 0 Å². The van der Waals surface area contributed by atoms with Gasteiger partial charge < -0.3 is 9.84 Å². The molecule has 1 aliphatic rings. The number of nitrogens with zero attached hydrogens (tertiary/aromatic N) is 1. The van der Waals surface area contributed by atoms with Crippen LogP contribution in [-0.2, 0) is 4.74 Å². The minimum atomic E-state index is -0.644. The number of ether oxygens (including phenoxy) is 1. The molecule has 7 heteroatoms. The van der Waals surface area contributed by atoms with E-state index in [-0.39, 0.29) is 17.5 Å². The van der Waals surface area contributed by atoms with Gasteiger partial charge in [0.05, 0.1) is 12.6 Å². The largest absolute Gasteiger partial charge is 0.494 e. The van der Waals surface area contributed by atoms with Crippen molar-refractivity contribution in [3.63, 3.8) is 0 Å². The highest BCUT2D eigenvalue weighted by Crippen LogP contribution is 2.29. The van der Waals surface area contributed by atoms with Crippen LogP contribution in [0.4, 0.5) is 0 Å². The van der Waals surface area contributed by atoms with Gasteiger partial charge in [0.25, 0.3) is 5.56 Å². The van der Waals surface area contributed by atoms with Crippen LogP contribution in [-0.4, -0.2) is 27.9 Å². The molecule has 1 saturated heterocycles. The molecule has 2 N–H and O–H groups in total. The molecule has 1 unspecified atom stereocenters. The number of aromatic amines is 1. The van der Waals surface area contributed by atoms with Gasteiger partial charge in [-0.05, 0) is 24.1 Å². The van der Waals surface area contributed by atoms with Crippen molar-refractivity contribution in [1.82, 2.24) is 9.55 Å². The second kappa shape index (κ2) is 5.38. The van der Waals surface area contributed by atoms with E-state index in [4.69, 9.17) is 16.3 Å². The molecule has 0 saturated carbocycles. The number of rotatable bonds is 2. The zero-order chi connectivity index (χ0) is 15.0. The molecule has 3 rings (SSSR count). The molecule has 2 heterocycles. The summed E-state index contributed by atoms with van der Waals surface area (Å²) in [5.74, 6) is -0.360. The Morgan fingerprint density at radius 1 is 1.38 bits per heavy atom. The summed E-state index contributed by atoms with van der Waals surface area (Å²) in [4.78, 5) is 26.2. The van der Waals surface area contributed by atoms with Crippen molar-refractivity contribution >= 4 is 11.6 Å². The molecular formula is C14H13ClN2O4. The maximum Gasteiger partial charge on any atom is 0.331 e. The van der Waals surface area contributed by atoms with Crippen molar-refractivity contribution in [2.45, 2.75) is 12.5 Å². The van der Waals surface area contributed by atoms with E-state index in [1.54, 1.807) is 24.3 Å². The Kier molecular flexibility index (Phi) is 3.57. The molecule has 110 valence electrons. The number of nitrogens with one attached hydrogen (secondary N) is 1. The lowest BCUT2D eigenvalue weighted by atomic mass is 10.1. The predicted molar refractivity (Wildman–Crippen MR) is 77.9 cm³/mol. The number of H-pyrrole nitrogens is 1. The average molecular weight is 309 g/mol. The Morgan fingerprint density at radius 3 is 2.86 bits per heavy atom. The van der Waals surface area contributed by atoms with Crippen molar-refractivity contribution in [2.24, 2.45) is 0 Å². The first-order chi connectivity index (χ1) is 10.1. The van der Waals surface area contributed by atoms with Crippen LogP contribution in [0.3, 0.4) is 0 Å². The Labute approximate surface area is 124 Å². The molecule has 0 spiro atoms. The Hall–Kier alpha value is -2.05. The second-order valence-electron chi connectivity index (χ2n) is 4.86. The normalized spacial score (nSPS) is 18.0. The van der Waals surface area contributed by atoms with Gasteiger partial charge in [0.2, 0.25) is 5.88 Å². The van der Waals surface area contributed by atoms with Gasteiger partial charge in [-0.25, -0.2) is 4.79 Å². The lowest BCUT2D eigenvalue weighted by molar-refractivity contribution is 0.183. The van der Waals surface area contributed by atoms with Gasteiger partial charge in [-0.15, -0.1) is 0 Å². The van der Waals surface area contributed by atoms with E-state index in [1.807, 2.05) is 0 Å². The van der Waals surface area contributed by atoms with E-state index in [0.29, 0.717) is 30.2 Å². The third kappa shape index (κ3) is 2.48. The summed E-state index contributed by atoms with van der Waals surface area (Å²) in [6.07, 6.45) is 0.606. The number of aromatic nitrogens is 2. The van der Waals surface area contributed by atoms with E-state index < -0.39 is 11.2 Å². The molecule has 0 radical (unpaired) electrons. The van der Waals surface area contributed by atoms with Crippen molar-refractivity contribution in [3.8, 4) is 17.0 Å². The lowest BCUT2D eigenvalue weighted by Crippen LogP contribution is -2.33. The van der Waals surface area contributed by atoms with Gasteiger partial charge in [-0.1, -0.05) is 23.7 Å². The van der Waals surface area contributed by atoms with E-state index in [0.717, 1.165) is 0 Å². The standard InChI is InChI=1S/C14H13ClN2O4/c15-9-3-1-2-8(6-9)11-12(18)16-14(20)17(13(11)19)10-4-5-21-7-10/h1-3,6,10,19H,4-5,7H2,(H,16,18,20). The van der Waals surface area contributed by atoms with Crippen LogP contribution in [0.2, 0.25) is 5.02 Å². The highest BCUT2D eigenvalue weighted by molar-refractivity contribution is 6.30. The maximum absolute atomic E-state index is 12.0. The minimum absolute atomic E-state index is 0.0315. The number of hydrogen-bond acceptors (Lipinski definition) is 4. The lowest BCUT2D eigenvalue weighted by Gasteiger charge is -2.16. The smallest absolute Gasteiger partial charge is 0.331 e. The van der Waals surface area contributed by atoms with E-state index >= 15 is 0 Å². The molecule has 1 fully saturated rings. The summed E-state index contributed by atoms with van der Waals surface area (Å²) in [5.41, 5.74) is -0.799. The SMILES string of the molecule is O=c1[nH]c(=O)n(C2CCOC2)c(O)c1-c1cccc(Cl)c1. The molecule has 1 aromatic carbocycles. The van der Waals surface area contributed by atoms with Crippen LogP contribution in [0, 0.1) is 0 Å². The highest BCUT2D eigenvalue weighted by Gasteiger charge is 2.25.